The van der Waals surface area contributed by atoms with Gasteiger partial charge >= 0.3 is 0 Å². The number of anilines is 2. The Labute approximate surface area is 155 Å². The highest BCUT2D eigenvalue weighted by atomic mass is 35.5. The van der Waals surface area contributed by atoms with Crippen LogP contribution in [-0.2, 0) is 17.8 Å². The lowest BCUT2D eigenvalue weighted by Gasteiger charge is -2.28. The molecule has 7 nitrogen and oxygen atoms in total. The normalized spacial score (nSPS) is 17.0. The minimum atomic E-state index is 0.215. The summed E-state index contributed by atoms with van der Waals surface area (Å²) in [6.07, 6.45) is 1.59. The monoisotopic (exact) mass is 368 g/mol. The minimum absolute atomic E-state index is 0.215. The Hall–Kier alpha value is -2.51. The number of aromatic nitrogens is 4. The Kier molecular flexibility index (Phi) is 3.83. The smallest absolute Gasteiger partial charge is 0.225 e. The van der Waals surface area contributed by atoms with Crippen molar-refractivity contribution in [3.63, 3.8) is 0 Å². The van der Waals surface area contributed by atoms with Crippen molar-refractivity contribution in [2.75, 3.05) is 36.1 Å². The number of hydrogen-bond donors (Lipinski definition) is 0. The van der Waals surface area contributed by atoms with Crippen LogP contribution in [0.25, 0.3) is 11.0 Å². The van der Waals surface area contributed by atoms with E-state index in [1.54, 1.807) is 6.33 Å². The van der Waals surface area contributed by atoms with Gasteiger partial charge in [0, 0.05) is 26.2 Å². The fraction of sp³-hybridized carbons (Fsp3) is 0.333. The summed E-state index contributed by atoms with van der Waals surface area (Å²) in [5.74, 6) is 1.55. The molecule has 132 valence electrons. The van der Waals surface area contributed by atoms with Crippen LogP contribution in [0.3, 0.4) is 0 Å². The molecule has 1 fully saturated rings. The number of ether oxygens (including phenoxy) is 1. The molecular weight excluding hydrogens is 352 g/mol. The number of rotatable bonds is 2. The number of morpholine rings is 1. The van der Waals surface area contributed by atoms with Gasteiger partial charge in [0.1, 0.15) is 17.4 Å². The van der Waals surface area contributed by atoms with Crippen LogP contribution in [0.4, 0.5) is 11.6 Å². The highest BCUT2D eigenvalue weighted by Crippen LogP contribution is 2.33. The molecule has 0 atom stereocenters. The van der Waals surface area contributed by atoms with Crippen LogP contribution in [0.15, 0.2) is 30.6 Å². The second-order valence-corrected chi connectivity index (χ2v) is 6.77. The lowest BCUT2D eigenvalue weighted by molar-refractivity contribution is 0.122. The van der Waals surface area contributed by atoms with Crippen molar-refractivity contribution in [3.8, 4) is 0 Å². The molecule has 2 aliphatic heterocycles. The zero-order valence-corrected chi connectivity index (χ0v) is 14.9. The summed E-state index contributed by atoms with van der Waals surface area (Å²) < 4.78 is 5.45. The molecule has 0 aliphatic carbocycles. The fourth-order valence-electron chi connectivity index (χ4n) is 3.60. The summed E-state index contributed by atoms with van der Waals surface area (Å²) in [5, 5.41) is 0.215. The Bertz CT molecular complexity index is 950. The van der Waals surface area contributed by atoms with Crippen molar-refractivity contribution >= 4 is 34.3 Å². The first-order chi connectivity index (χ1) is 12.8. The van der Waals surface area contributed by atoms with Gasteiger partial charge in [-0.15, -0.1) is 0 Å². The molecule has 1 aromatic carbocycles. The maximum absolute atomic E-state index is 6.26. The molecule has 0 saturated carbocycles. The average molecular weight is 369 g/mol. The molecular formula is C18H17ClN6O. The van der Waals surface area contributed by atoms with Gasteiger partial charge in [-0.2, -0.15) is 4.98 Å². The molecule has 26 heavy (non-hydrogen) atoms. The summed E-state index contributed by atoms with van der Waals surface area (Å²) in [5.41, 5.74) is 4.06. The summed E-state index contributed by atoms with van der Waals surface area (Å²) in [6.45, 7) is 4.46. The van der Waals surface area contributed by atoms with Gasteiger partial charge in [-0.1, -0.05) is 24.3 Å². The number of hydrogen-bond acceptors (Lipinski definition) is 7. The van der Waals surface area contributed by atoms with E-state index in [2.05, 4.69) is 54.0 Å². The second kappa shape index (κ2) is 6.34. The van der Waals surface area contributed by atoms with Gasteiger partial charge in [0.25, 0.3) is 0 Å². The van der Waals surface area contributed by atoms with Crippen LogP contribution in [-0.4, -0.2) is 46.2 Å². The molecule has 8 heteroatoms. The predicted octanol–water partition coefficient (Wildman–Crippen LogP) is 2.43. The molecule has 0 spiro atoms. The van der Waals surface area contributed by atoms with E-state index in [4.69, 9.17) is 16.3 Å². The summed E-state index contributed by atoms with van der Waals surface area (Å²) >= 11 is 6.26. The average Bonchev–Trinajstić information content (AvgIpc) is 3.11. The molecule has 0 N–H and O–H groups in total. The summed E-state index contributed by atoms with van der Waals surface area (Å²) in [7, 11) is 0. The Morgan fingerprint density at radius 1 is 0.846 bits per heavy atom. The zero-order valence-electron chi connectivity index (χ0n) is 14.1. The highest BCUT2D eigenvalue weighted by molar-refractivity contribution is 6.29. The number of nitrogens with zero attached hydrogens (tertiary/aromatic N) is 6. The third-order valence-electron chi connectivity index (χ3n) is 4.87. The molecule has 2 aliphatic rings. The first-order valence-electron chi connectivity index (χ1n) is 8.62. The van der Waals surface area contributed by atoms with Gasteiger partial charge < -0.3 is 14.5 Å². The minimum Gasteiger partial charge on any atom is -0.378 e. The Morgan fingerprint density at radius 2 is 1.58 bits per heavy atom. The van der Waals surface area contributed by atoms with E-state index in [9.17, 15) is 0 Å². The van der Waals surface area contributed by atoms with Crippen molar-refractivity contribution in [1.29, 1.82) is 0 Å². The van der Waals surface area contributed by atoms with Gasteiger partial charge in [-0.3, -0.25) is 0 Å². The topological polar surface area (TPSA) is 67.3 Å². The summed E-state index contributed by atoms with van der Waals surface area (Å²) in [4.78, 5) is 22.3. The number of halogens is 1. The zero-order chi connectivity index (χ0) is 17.5. The third kappa shape index (κ3) is 2.64. The molecule has 0 radical (unpaired) electrons. The maximum Gasteiger partial charge on any atom is 0.225 e. The molecule has 0 bridgehead atoms. The molecule has 3 aromatic rings. The third-order valence-corrected chi connectivity index (χ3v) is 5.04. The van der Waals surface area contributed by atoms with Crippen molar-refractivity contribution in [2.45, 2.75) is 13.1 Å². The predicted molar refractivity (Wildman–Crippen MR) is 99.5 cm³/mol. The molecule has 0 unspecified atom stereocenters. The second-order valence-electron chi connectivity index (χ2n) is 6.43. The first-order valence-corrected chi connectivity index (χ1v) is 9.00. The van der Waals surface area contributed by atoms with Crippen molar-refractivity contribution in [2.24, 2.45) is 0 Å². The van der Waals surface area contributed by atoms with E-state index in [0.717, 1.165) is 43.3 Å². The largest absolute Gasteiger partial charge is 0.378 e. The van der Waals surface area contributed by atoms with Gasteiger partial charge in [0.15, 0.2) is 11.6 Å². The lowest BCUT2D eigenvalue weighted by atomic mass is 10.1. The van der Waals surface area contributed by atoms with Crippen molar-refractivity contribution < 1.29 is 4.74 Å². The van der Waals surface area contributed by atoms with Gasteiger partial charge in [0.05, 0.1) is 13.2 Å². The Morgan fingerprint density at radius 3 is 2.31 bits per heavy atom. The van der Waals surface area contributed by atoms with Gasteiger partial charge in [0.2, 0.25) is 5.28 Å². The first kappa shape index (κ1) is 15.7. The molecule has 1 saturated heterocycles. The summed E-state index contributed by atoms with van der Waals surface area (Å²) in [6, 6.07) is 8.44. The van der Waals surface area contributed by atoms with Crippen molar-refractivity contribution in [3.05, 3.63) is 47.0 Å². The maximum atomic E-state index is 6.26. The number of benzene rings is 1. The molecule has 4 heterocycles. The van der Waals surface area contributed by atoms with Gasteiger partial charge in [-0.05, 0) is 22.7 Å². The van der Waals surface area contributed by atoms with Crippen molar-refractivity contribution in [1.82, 2.24) is 19.9 Å². The molecule has 5 rings (SSSR count). The molecule has 2 aromatic heterocycles. The fourth-order valence-corrected chi connectivity index (χ4v) is 3.77. The van der Waals surface area contributed by atoms with E-state index in [1.807, 2.05) is 0 Å². The van der Waals surface area contributed by atoms with Crippen LogP contribution in [0.5, 0.6) is 0 Å². The highest BCUT2D eigenvalue weighted by Gasteiger charge is 2.25. The van der Waals surface area contributed by atoms with E-state index in [1.165, 1.54) is 11.1 Å². The van der Waals surface area contributed by atoms with Crippen LogP contribution < -0.4 is 9.80 Å². The van der Waals surface area contributed by atoms with Crippen LogP contribution in [0, 0.1) is 0 Å². The lowest BCUT2D eigenvalue weighted by Crippen LogP contribution is -2.37. The van der Waals surface area contributed by atoms with E-state index in [-0.39, 0.29) is 5.28 Å². The molecule has 0 amide bonds. The van der Waals surface area contributed by atoms with E-state index < -0.39 is 0 Å². The SMILES string of the molecule is Clc1nc(N2CCOCC2)c2ncnc(N3Cc4ccccc4C3)c2n1. The quantitative estimate of drug-likeness (QED) is 0.643. The van der Waals surface area contributed by atoms with Gasteiger partial charge in [-0.25, -0.2) is 15.0 Å². The van der Waals surface area contributed by atoms with Crippen LogP contribution >= 0.6 is 11.6 Å². The van der Waals surface area contributed by atoms with Crippen LogP contribution in [0.1, 0.15) is 11.1 Å². The van der Waals surface area contributed by atoms with E-state index >= 15 is 0 Å². The van der Waals surface area contributed by atoms with Crippen LogP contribution in [0.2, 0.25) is 5.28 Å². The number of fused-ring (bicyclic) bond motifs is 2. The standard InChI is InChI=1S/C18H17ClN6O/c19-18-22-15-14(17(23-18)24-5-7-26-8-6-24)20-11-21-16(15)25-9-12-3-1-2-4-13(12)10-25/h1-4,11H,5-10H2. The Balaban J connectivity index is 1.60. The van der Waals surface area contributed by atoms with E-state index in [0.29, 0.717) is 18.7 Å².